The van der Waals surface area contributed by atoms with E-state index in [9.17, 15) is 4.57 Å². The third-order valence-electron chi connectivity index (χ3n) is 3.07. The van der Waals surface area contributed by atoms with Crippen LogP contribution in [0, 0.1) is 0 Å². The van der Waals surface area contributed by atoms with E-state index in [0.29, 0.717) is 5.66 Å². The predicted octanol–water partition coefficient (Wildman–Crippen LogP) is 2.48. The van der Waals surface area contributed by atoms with Crippen LogP contribution in [0.25, 0.3) is 0 Å². The highest BCUT2D eigenvalue weighted by Gasteiger charge is 2.30. The first-order chi connectivity index (χ1) is 6.08. The Labute approximate surface area is 82.1 Å². The molecule has 1 fully saturated rings. The van der Waals surface area contributed by atoms with Crippen LogP contribution in [0.5, 0.6) is 0 Å². The van der Waals surface area contributed by atoms with Gasteiger partial charge in [-0.05, 0) is 13.0 Å². The monoisotopic (exact) mass is 203 g/mol. The molecule has 0 amide bonds. The maximum Gasteiger partial charge on any atom is 0.0926 e. The molecular formula is C10H22NOP. The Balaban J connectivity index is 2.42. The average Bonchev–Trinajstić information content (AvgIpc) is 2.09. The van der Waals surface area contributed by atoms with Crippen molar-refractivity contribution in [2.45, 2.75) is 32.9 Å². The van der Waals surface area contributed by atoms with Gasteiger partial charge in [0.25, 0.3) is 0 Å². The van der Waals surface area contributed by atoms with Crippen molar-refractivity contribution in [3.63, 3.8) is 0 Å². The lowest BCUT2D eigenvalue weighted by molar-refractivity contribution is 0.295. The Hall–Kier alpha value is 0.190. The lowest BCUT2D eigenvalue weighted by Gasteiger charge is -2.33. The van der Waals surface area contributed by atoms with E-state index < -0.39 is 7.14 Å². The largest absolute Gasteiger partial charge is 0.323 e. The Morgan fingerprint density at radius 3 is 2.23 bits per heavy atom. The predicted molar refractivity (Wildman–Crippen MR) is 59.2 cm³/mol. The molecule has 0 aromatic carbocycles. The van der Waals surface area contributed by atoms with E-state index >= 15 is 0 Å². The molecule has 1 aliphatic heterocycles. The molecule has 3 heteroatoms. The van der Waals surface area contributed by atoms with Gasteiger partial charge in [0.05, 0.1) is 7.14 Å². The summed E-state index contributed by atoms with van der Waals surface area (Å²) in [7, 11) is -1.79. The molecule has 13 heavy (non-hydrogen) atoms. The minimum Gasteiger partial charge on any atom is -0.323 e. The summed E-state index contributed by atoms with van der Waals surface area (Å²) in [4.78, 5) is 2.44. The summed E-state index contributed by atoms with van der Waals surface area (Å²) in [6, 6.07) is 0. The van der Waals surface area contributed by atoms with Gasteiger partial charge in [-0.1, -0.05) is 20.8 Å². The van der Waals surface area contributed by atoms with Gasteiger partial charge in [0, 0.05) is 31.1 Å². The number of hydrogen-bond donors (Lipinski definition) is 0. The molecule has 0 unspecified atom stereocenters. The minimum absolute atomic E-state index is 0.399. The molecule has 0 N–H and O–H groups in total. The van der Waals surface area contributed by atoms with Gasteiger partial charge in [-0.25, -0.2) is 0 Å². The van der Waals surface area contributed by atoms with Crippen LogP contribution in [0.15, 0.2) is 0 Å². The third-order valence-corrected chi connectivity index (χ3v) is 6.87. The SMILES string of the molecule is CCCN1CCP(=O)(C(C)C)CC1. The van der Waals surface area contributed by atoms with E-state index in [4.69, 9.17) is 0 Å². The fourth-order valence-electron chi connectivity index (χ4n) is 1.90. The van der Waals surface area contributed by atoms with Gasteiger partial charge >= 0.3 is 0 Å². The molecule has 1 heterocycles. The fraction of sp³-hybridized carbons (Fsp3) is 1.00. The first kappa shape index (κ1) is 11.3. The normalized spacial score (nSPS) is 23.7. The van der Waals surface area contributed by atoms with Crippen molar-refractivity contribution < 1.29 is 4.57 Å². The van der Waals surface area contributed by atoms with Crippen LogP contribution in [0.1, 0.15) is 27.2 Å². The van der Waals surface area contributed by atoms with Crippen LogP contribution < -0.4 is 0 Å². The zero-order valence-electron chi connectivity index (χ0n) is 9.12. The molecule has 1 aliphatic rings. The van der Waals surface area contributed by atoms with E-state index in [1.54, 1.807) is 0 Å². The highest BCUT2D eigenvalue weighted by Crippen LogP contribution is 2.51. The van der Waals surface area contributed by atoms with E-state index in [0.717, 1.165) is 25.4 Å². The summed E-state index contributed by atoms with van der Waals surface area (Å²) < 4.78 is 12.3. The number of nitrogens with zero attached hydrogens (tertiary/aromatic N) is 1. The zero-order valence-corrected chi connectivity index (χ0v) is 10.0. The fourth-order valence-corrected chi connectivity index (χ4v) is 4.40. The second-order valence-corrected chi connectivity index (χ2v) is 8.17. The molecule has 0 aliphatic carbocycles. The molecular weight excluding hydrogens is 181 g/mol. The van der Waals surface area contributed by atoms with Crippen LogP contribution in [-0.2, 0) is 4.57 Å². The van der Waals surface area contributed by atoms with Gasteiger partial charge in [0.1, 0.15) is 0 Å². The van der Waals surface area contributed by atoms with E-state index in [1.807, 2.05) is 0 Å². The van der Waals surface area contributed by atoms with Crippen LogP contribution in [0.2, 0.25) is 0 Å². The van der Waals surface area contributed by atoms with Gasteiger partial charge in [0.2, 0.25) is 0 Å². The van der Waals surface area contributed by atoms with E-state index in [1.165, 1.54) is 13.0 Å². The first-order valence-corrected chi connectivity index (χ1v) is 7.53. The zero-order chi connectivity index (χ0) is 9.90. The van der Waals surface area contributed by atoms with E-state index in [-0.39, 0.29) is 0 Å². The quantitative estimate of drug-likeness (QED) is 0.657. The smallest absolute Gasteiger partial charge is 0.0926 e. The van der Waals surface area contributed by atoms with Crippen molar-refractivity contribution in [2.24, 2.45) is 0 Å². The molecule has 0 bridgehead atoms. The first-order valence-electron chi connectivity index (χ1n) is 5.38. The van der Waals surface area contributed by atoms with Crippen LogP contribution in [0.3, 0.4) is 0 Å². The standard InChI is InChI=1S/C10H22NOP/c1-4-5-11-6-8-13(12,9-7-11)10(2)3/h10H,4-9H2,1-3H3. The van der Waals surface area contributed by atoms with Crippen molar-refractivity contribution in [2.75, 3.05) is 32.0 Å². The topological polar surface area (TPSA) is 20.3 Å². The summed E-state index contributed by atoms with van der Waals surface area (Å²) in [6.45, 7) is 9.72. The van der Waals surface area contributed by atoms with Crippen molar-refractivity contribution in [3.05, 3.63) is 0 Å². The van der Waals surface area contributed by atoms with Crippen LogP contribution >= 0.6 is 7.14 Å². The highest BCUT2D eigenvalue weighted by molar-refractivity contribution is 7.64. The van der Waals surface area contributed by atoms with Crippen LogP contribution in [0.4, 0.5) is 0 Å². The lowest BCUT2D eigenvalue weighted by Crippen LogP contribution is -2.36. The molecule has 1 saturated heterocycles. The Kier molecular flexibility index (Phi) is 4.00. The molecule has 0 spiro atoms. The highest BCUT2D eigenvalue weighted by atomic mass is 31.2. The second kappa shape index (κ2) is 4.61. The summed E-state index contributed by atoms with van der Waals surface area (Å²) in [5, 5.41) is 0. The summed E-state index contributed by atoms with van der Waals surface area (Å²) in [5.41, 5.74) is 0.399. The van der Waals surface area contributed by atoms with E-state index in [2.05, 4.69) is 25.7 Å². The Bertz CT molecular complexity index is 191. The molecule has 0 aromatic heterocycles. The number of rotatable bonds is 3. The molecule has 1 rings (SSSR count). The van der Waals surface area contributed by atoms with Gasteiger partial charge in [-0.3, -0.25) is 0 Å². The maximum atomic E-state index is 12.3. The summed E-state index contributed by atoms with van der Waals surface area (Å²) in [6.07, 6.45) is 3.11. The number of hydrogen-bond acceptors (Lipinski definition) is 2. The van der Waals surface area contributed by atoms with Gasteiger partial charge in [-0.2, -0.15) is 0 Å². The van der Waals surface area contributed by atoms with Crippen molar-refractivity contribution in [3.8, 4) is 0 Å². The van der Waals surface area contributed by atoms with Crippen molar-refractivity contribution >= 4 is 7.14 Å². The molecule has 78 valence electrons. The van der Waals surface area contributed by atoms with Crippen molar-refractivity contribution in [1.29, 1.82) is 0 Å². The molecule has 0 atom stereocenters. The van der Waals surface area contributed by atoms with Crippen molar-refractivity contribution in [1.82, 2.24) is 4.90 Å². The maximum absolute atomic E-state index is 12.3. The Morgan fingerprint density at radius 1 is 1.31 bits per heavy atom. The molecule has 0 aromatic rings. The van der Waals surface area contributed by atoms with Crippen LogP contribution in [-0.4, -0.2) is 42.5 Å². The molecule has 2 nitrogen and oxygen atoms in total. The average molecular weight is 203 g/mol. The van der Waals surface area contributed by atoms with Gasteiger partial charge in [-0.15, -0.1) is 0 Å². The van der Waals surface area contributed by atoms with Gasteiger partial charge < -0.3 is 9.46 Å². The lowest BCUT2D eigenvalue weighted by atomic mass is 10.4. The third kappa shape index (κ3) is 2.82. The summed E-state index contributed by atoms with van der Waals surface area (Å²) >= 11 is 0. The molecule has 0 saturated carbocycles. The molecule has 0 radical (unpaired) electrons. The summed E-state index contributed by atoms with van der Waals surface area (Å²) in [5.74, 6) is 0. The second-order valence-electron chi connectivity index (χ2n) is 4.33. The van der Waals surface area contributed by atoms with Gasteiger partial charge in [0.15, 0.2) is 0 Å². The minimum atomic E-state index is -1.79. The Morgan fingerprint density at radius 2 is 1.85 bits per heavy atom.